The Kier molecular flexibility index (Phi) is 8.22. The summed E-state index contributed by atoms with van der Waals surface area (Å²) in [5.74, 6) is -1.07. The Morgan fingerprint density at radius 2 is 1.82 bits per heavy atom. The number of esters is 1. The van der Waals surface area contributed by atoms with Gasteiger partial charge in [0.2, 0.25) is 0 Å². The Balaban J connectivity index is 2.05. The third kappa shape index (κ3) is 5.94. The molecular weight excluding hydrogens is 362 g/mol. The van der Waals surface area contributed by atoms with Crippen molar-refractivity contribution in [3.05, 3.63) is 33.9 Å². The lowest BCUT2D eigenvalue weighted by molar-refractivity contribution is -0.384. The Morgan fingerprint density at radius 3 is 2.39 bits per heavy atom. The van der Waals surface area contributed by atoms with Crippen molar-refractivity contribution >= 4 is 23.3 Å². The smallest absolute Gasteiger partial charge is 0.341 e. The second-order valence-corrected chi connectivity index (χ2v) is 6.96. The lowest BCUT2D eigenvalue weighted by Crippen LogP contribution is -2.37. The first kappa shape index (κ1) is 21.7. The fourth-order valence-corrected chi connectivity index (χ4v) is 3.54. The number of anilines is 1. The van der Waals surface area contributed by atoms with E-state index in [1.165, 1.54) is 25.0 Å². The molecule has 1 aliphatic carbocycles. The van der Waals surface area contributed by atoms with Crippen LogP contribution >= 0.6 is 0 Å². The highest BCUT2D eigenvalue weighted by molar-refractivity contribution is 5.97. The van der Waals surface area contributed by atoms with E-state index in [-0.39, 0.29) is 23.2 Å². The van der Waals surface area contributed by atoms with E-state index in [0.717, 1.165) is 25.7 Å². The maximum Gasteiger partial charge on any atom is 0.341 e. The molecule has 0 heterocycles. The van der Waals surface area contributed by atoms with E-state index in [2.05, 4.69) is 5.32 Å². The van der Waals surface area contributed by atoms with Crippen LogP contribution in [0.4, 0.5) is 11.4 Å². The topological polar surface area (TPSA) is 102 Å². The number of amides is 1. The van der Waals surface area contributed by atoms with Crippen molar-refractivity contribution in [2.24, 2.45) is 0 Å². The highest BCUT2D eigenvalue weighted by Crippen LogP contribution is 2.26. The molecule has 1 fully saturated rings. The molecule has 2 rings (SSSR count). The van der Waals surface area contributed by atoms with Crippen molar-refractivity contribution in [1.29, 1.82) is 0 Å². The van der Waals surface area contributed by atoms with Crippen molar-refractivity contribution < 1.29 is 19.2 Å². The van der Waals surface area contributed by atoms with Crippen molar-refractivity contribution in [1.82, 2.24) is 5.32 Å². The molecule has 154 valence electrons. The molecule has 1 N–H and O–H groups in total. The molecule has 1 aromatic rings. The molecule has 1 saturated carbocycles. The lowest BCUT2D eigenvalue weighted by Gasteiger charge is -2.23. The average molecular weight is 391 g/mol. The summed E-state index contributed by atoms with van der Waals surface area (Å²) in [4.78, 5) is 37.2. The van der Waals surface area contributed by atoms with Crippen LogP contribution in [-0.4, -0.2) is 42.5 Å². The highest BCUT2D eigenvalue weighted by atomic mass is 16.6. The van der Waals surface area contributed by atoms with Crippen LogP contribution in [-0.2, 0) is 9.53 Å². The predicted octanol–water partition coefficient (Wildman–Crippen LogP) is 3.44. The van der Waals surface area contributed by atoms with Crippen LogP contribution in [0.2, 0.25) is 0 Å². The van der Waals surface area contributed by atoms with Gasteiger partial charge in [0, 0.05) is 31.3 Å². The zero-order valence-electron chi connectivity index (χ0n) is 16.6. The van der Waals surface area contributed by atoms with E-state index in [0.29, 0.717) is 18.8 Å². The number of hydrogen-bond donors (Lipinski definition) is 1. The summed E-state index contributed by atoms with van der Waals surface area (Å²) in [6.45, 7) is 4.74. The minimum atomic E-state index is -0.735. The maximum absolute atomic E-state index is 12.6. The van der Waals surface area contributed by atoms with Crippen molar-refractivity contribution in [3.63, 3.8) is 0 Å². The first-order valence-electron chi connectivity index (χ1n) is 9.96. The molecule has 1 aromatic carbocycles. The maximum atomic E-state index is 12.6. The Labute approximate surface area is 165 Å². The van der Waals surface area contributed by atoms with Gasteiger partial charge in [-0.05, 0) is 32.8 Å². The standard InChI is InChI=1S/C20H29N3O5/c1-3-22(4-2)18-12-11-16(23(26)27)13-17(18)20(25)28-14-19(24)21-15-9-7-5-6-8-10-15/h11-13,15H,3-10,14H2,1-2H3,(H,21,24). The SMILES string of the molecule is CCN(CC)c1ccc([N+](=O)[O-])cc1C(=O)OCC(=O)NC1CCCCCC1. The van der Waals surface area contributed by atoms with Crippen molar-refractivity contribution in [2.75, 3.05) is 24.6 Å². The number of carbonyl (C=O) groups is 2. The second-order valence-electron chi connectivity index (χ2n) is 6.96. The molecule has 0 aromatic heterocycles. The summed E-state index contributed by atoms with van der Waals surface area (Å²) < 4.78 is 5.18. The van der Waals surface area contributed by atoms with Crippen LogP contribution in [0.5, 0.6) is 0 Å². The van der Waals surface area contributed by atoms with Gasteiger partial charge in [-0.15, -0.1) is 0 Å². The molecule has 0 bridgehead atoms. The highest BCUT2D eigenvalue weighted by Gasteiger charge is 2.22. The quantitative estimate of drug-likeness (QED) is 0.315. The summed E-state index contributed by atoms with van der Waals surface area (Å²) in [7, 11) is 0. The molecule has 8 nitrogen and oxygen atoms in total. The lowest BCUT2D eigenvalue weighted by atomic mass is 10.1. The van der Waals surface area contributed by atoms with Gasteiger partial charge in [0.25, 0.3) is 11.6 Å². The molecule has 0 atom stereocenters. The molecule has 0 saturated heterocycles. The number of nitro benzene ring substituents is 1. The van der Waals surface area contributed by atoms with Crippen LogP contribution < -0.4 is 10.2 Å². The number of nitro groups is 1. The van der Waals surface area contributed by atoms with Gasteiger partial charge in [0.15, 0.2) is 6.61 Å². The van der Waals surface area contributed by atoms with E-state index in [9.17, 15) is 19.7 Å². The Hall–Kier alpha value is -2.64. The summed E-state index contributed by atoms with van der Waals surface area (Å²) in [5.41, 5.74) is 0.468. The van der Waals surface area contributed by atoms with Gasteiger partial charge in [0.1, 0.15) is 0 Å². The van der Waals surface area contributed by atoms with Gasteiger partial charge < -0.3 is 15.0 Å². The van der Waals surface area contributed by atoms with Crippen LogP contribution in [0.1, 0.15) is 62.7 Å². The molecule has 8 heteroatoms. The molecule has 0 aliphatic heterocycles. The van der Waals surface area contributed by atoms with E-state index < -0.39 is 17.5 Å². The fourth-order valence-electron chi connectivity index (χ4n) is 3.54. The number of ether oxygens (including phenoxy) is 1. The fraction of sp³-hybridized carbons (Fsp3) is 0.600. The molecule has 0 radical (unpaired) electrons. The van der Waals surface area contributed by atoms with Gasteiger partial charge in [0.05, 0.1) is 16.2 Å². The summed E-state index contributed by atoms with van der Waals surface area (Å²) in [6.07, 6.45) is 6.43. The number of rotatable bonds is 8. The number of carbonyl (C=O) groups excluding carboxylic acids is 2. The van der Waals surface area contributed by atoms with Crippen LogP contribution in [0.15, 0.2) is 18.2 Å². The van der Waals surface area contributed by atoms with Gasteiger partial charge in [-0.25, -0.2) is 4.79 Å². The second kappa shape index (κ2) is 10.6. The van der Waals surface area contributed by atoms with Gasteiger partial charge in [-0.2, -0.15) is 0 Å². The van der Waals surface area contributed by atoms with Crippen LogP contribution in [0, 0.1) is 10.1 Å². The van der Waals surface area contributed by atoms with Crippen molar-refractivity contribution in [2.45, 2.75) is 58.4 Å². The minimum absolute atomic E-state index is 0.0974. The number of benzene rings is 1. The van der Waals surface area contributed by atoms with Gasteiger partial charge in [-0.1, -0.05) is 25.7 Å². The molecule has 1 amide bonds. The largest absolute Gasteiger partial charge is 0.452 e. The predicted molar refractivity (Wildman–Crippen MR) is 107 cm³/mol. The van der Waals surface area contributed by atoms with E-state index in [4.69, 9.17) is 4.74 Å². The molecule has 0 unspecified atom stereocenters. The third-order valence-electron chi connectivity index (χ3n) is 5.07. The minimum Gasteiger partial charge on any atom is -0.452 e. The molecule has 1 aliphatic rings. The van der Waals surface area contributed by atoms with Crippen LogP contribution in [0.25, 0.3) is 0 Å². The number of nitrogens with zero attached hydrogens (tertiary/aromatic N) is 2. The van der Waals surface area contributed by atoms with E-state index in [1.54, 1.807) is 6.07 Å². The first-order chi connectivity index (χ1) is 13.5. The normalized spacial score (nSPS) is 14.8. The Morgan fingerprint density at radius 1 is 1.18 bits per heavy atom. The first-order valence-corrected chi connectivity index (χ1v) is 9.96. The Bertz CT molecular complexity index is 695. The number of non-ortho nitro benzene ring substituents is 1. The third-order valence-corrected chi connectivity index (χ3v) is 5.07. The molecule has 28 heavy (non-hydrogen) atoms. The van der Waals surface area contributed by atoms with E-state index in [1.807, 2.05) is 18.7 Å². The average Bonchev–Trinajstić information content (AvgIpc) is 2.95. The summed E-state index contributed by atoms with van der Waals surface area (Å²) in [5, 5.41) is 14.0. The van der Waals surface area contributed by atoms with Gasteiger partial charge >= 0.3 is 5.97 Å². The molecule has 0 spiro atoms. The summed E-state index contributed by atoms with van der Waals surface area (Å²) in [6, 6.07) is 4.24. The summed E-state index contributed by atoms with van der Waals surface area (Å²) >= 11 is 0. The number of nitrogens with one attached hydrogen (secondary N) is 1. The van der Waals surface area contributed by atoms with Gasteiger partial charge in [-0.3, -0.25) is 14.9 Å². The van der Waals surface area contributed by atoms with Crippen molar-refractivity contribution in [3.8, 4) is 0 Å². The monoisotopic (exact) mass is 391 g/mol. The zero-order chi connectivity index (χ0) is 20.5. The van der Waals surface area contributed by atoms with E-state index >= 15 is 0 Å². The van der Waals surface area contributed by atoms with Crippen LogP contribution in [0.3, 0.4) is 0 Å². The molecular formula is C20H29N3O5. The number of hydrogen-bond acceptors (Lipinski definition) is 6. The zero-order valence-corrected chi connectivity index (χ0v) is 16.6.